The Morgan fingerprint density at radius 2 is 1.54 bits per heavy atom. The first-order chi connectivity index (χ1) is 16.8. The summed E-state index contributed by atoms with van der Waals surface area (Å²) < 4.78 is 20.1. The number of para-hydroxylation sites is 1. The molecule has 4 aromatic rings. The largest absolute Gasteiger partial charge is 0.488 e. The van der Waals surface area contributed by atoms with E-state index in [2.05, 4.69) is 16.0 Å². The monoisotopic (exact) mass is 474 g/mol. The zero-order chi connectivity index (χ0) is 24.9. The molecule has 0 atom stereocenters. The number of benzene rings is 3. The first-order valence-electron chi connectivity index (χ1n) is 10.9. The minimum Gasteiger partial charge on any atom is -0.488 e. The highest BCUT2D eigenvalue weighted by Crippen LogP contribution is 2.20. The van der Waals surface area contributed by atoms with Gasteiger partial charge in [0, 0.05) is 5.39 Å². The molecule has 0 saturated carbocycles. The molecule has 0 fully saturated rings. The lowest BCUT2D eigenvalue weighted by Crippen LogP contribution is -2.43. The molecule has 3 aromatic carbocycles. The minimum atomic E-state index is -0.673. The van der Waals surface area contributed by atoms with Crippen LogP contribution in [0.2, 0.25) is 0 Å². The SMILES string of the molecule is CC(C)n1nc(C(=O)NNC(=O)c2ccccc2OCc2ccc(F)cc2)c2ccccc2c1=O. The number of hydrogen-bond donors (Lipinski definition) is 2. The first-order valence-corrected chi connectivity index (χ1v) is 10.9. The van der Waals surface area contributed by atoms with E-state index in [9.17, 15) is 18.8 Å². The van der Waals surface area contributed by atoms with Crippen molar-refractivity contribution in [3.63, 3.8) is 0 Å². The van der Waals surface area contributed by atoms with E-state index in [1.165, 1.54) is 16.8 Å². The third kappa shape index (κ3) is 5.19. The fourth-order valence-electron chi connectivity index (χ4n) is 3.49. The quantitative estimate of drug-likeness (QED) is 0.414. The average Bonchev–Trinajstić information content (AvgIpc) is 2.87. The number of nitrogens with zero attached hydrogens (tertiary/aromatic N) is 2. The van der Waals surface area contributed by atoms with Gasteiger partial charge in [-0.2, -0.15) is 5.10 Å². The minimum absolute atomic E-state index is 0.00930. The van der Waals surface area contributed by atoms with E-state index in [-0.39, 0.29) is 35.3 Å². The van der Waals surface area contributed by atoms with Crippen LogP contribution in [-0.4, -0.2) is 21.6 Å². The molecule has 178 valence electrons. The molecule has 2 amide bonds. The molecule has 0 spiro atoms. The highest BCUT2D eigenvalue weighted by Gasteiger charge is 2.19. The maximum Gasteiger partial charge on any atom is 0.290 e. The Labute approximate surface area is 200 Å². The van der Waals surface area contributed by atoms with Crippen LogP contribution in [0.25, 0.3) is 10.8 Å². The van der Waals surface area contributed by atoms with Crippen molar-refractivity contribution in [3.8, 4) is 5.75 Å². The Kier molecular flexibility index (Phi) is 6.86. The summed E-state index contributed by atoms with van der Waals surface area (Å²) in [5.41, 5.74) is 5.38. The van der Waals surface area contributed by atoms with Crippen molar-refractivity contribution in [1.29, 1.82) is 0 Å². The molecular formula is C26H23FN4O4. The lowest BCUT2D eigenvalue weighted by molar-refractivity contribution is 0.0841. The van der Waals surface area contributed by atoms with Crippen LogP contribution in [0.1, 0.15) is 46.3 Å². The molecule has 1 heterocycles. The van der Waals surface area contributed by atoms with Crippen molar-refractivity contribution in [2.75, 3.05) is 0 Å². The van der Waals surface area contributed by atoms with Crippen LogP contribution >= 0.6 is 0 Å². The molecule has 2 N–H and O–H groups in total. The summed E-state index contributed by atoms with van der Waals surface area (Å²) in [6, 6.07) is 18.8. The zero-order valence-corrected chi connectivity index (χ0v) is 19.1. The Morgan fingerprint density at radius 1 is 0.914 bits per heavy atom. The highest BCUT2D eigenvalue weighted by atomic mass is 19.1. The van der Waals surface area contributed by atoms with E-state index < -0.39 is 11.8 Å². The van der Waals surface area contributed by atoms with Crippen LogP contribution in [0.15, 0.2) is 77.6 Å². The van der Waals surface area contributed by atoms with Gasteiger partial charge < -0.3 is 4.74 Å². The Bertz CT molecular complexity index is 1450. The molecule has 35 heavy (non-hydrogen) atoms. The molecule has 4 rings (SSSR count). The van der Waals surface area contributed by atoms with Gasteiger partial charge in [-0.25, -0.2) is 9.07 Å². The molecule has 8 nitrogen and oxygen atoms in total. The molecule has 1 aromatic heterocycles. The van der Waals surface area contributed by atoms with Crippen molar-refractivity contribution in [3.05, 3.63) is 106 Å². The van der Waals surface area contributed by atoms with Crippen LogP contribution in [0.4, 0.5) is 4.39 Å². The fourth-order valence-corrected chi connectivity index (χ4v) is 3.49. The van der Waals surface area contributed by atoms with Crippen LogP contribution in [0, 0.1) is 5.82 Å². The second kappa shape index (κ2) is 10.2. The number of rotatable bonds is 6. The Balaban J connectivity index is 1.51. The smallest absolute Gasteiger partial charge is 0.290 e. The molecule has 0 aliphatic carbocycles. The highest BCUT2D eigenvalue weighted by molar-refractivity contribution is 6.06. The van der Waals surface area contributed by atoms with Gasteiger partial charge in [-0.3, -0.25) is 25.2 Å². The van der Waals surface area contributed by atoms with E-state index in [1.54, 1.807) is 74.5 Å². The number of amides is 2. The number of nitrogens with one attached hydrogen (secondary N) is 2. The summed E-state index contributed by atoms with van der Waals surface area (Å²) in [6.07, 6.45) is 0. The van der Waals surface area contributed by atoms with Gasteiger partial charge >= 0.3 is 0 Å². The van der Waals surface area contributed by atoms with E-state index in [0.29, 0.717) is 16.5 Å². The number of halogens is 1. The summed E-state index contributed by atoms with van der Waals surface area (Å²) in [5.74, 6) is -1.33. The lowest BCUT2D eigenvalue weighted by Gasteiger charge is -2.14. The average molecular weight is 474 g/mol. The normalized spacial score (nSPS) is 10.9. The molecule has 0 saturated heterocycles. The second-order valence-electron chi connectivity index (χ2n) is 8.06. The van der Waals surface area contributed by atoms with Gasteiger partial charge in [0.2, 0.25) is 0 Å². The molecule has 0 radical (unpaired) electrons. The topological polar surface area (TPSA) is 102 Å². The van der Waals surface area contributed by atoms with Gasteiger partial charge in [0.15, 0.2) is 5.69 Å². The van der Waals surface area contributed by atoms with Gasteiger partial charge in [0.05, 0.1) is 17.0 Å². The fraction of sp³-hybridized carbons (Fsp3) is 0.154. The van der Waals surface area contributed by atoms with E-state index >= 15 is 0 Å². The van der Waals surface area contributed by atoms with Crippen LogP contribution in [-0.2, 0) is 6.61 Å². The van der Waals surface area contributed by atoms with Crippen molar-refractivity contribution >= 4 is 22.6 Å². The Hall–Kier alpha value is -4.53. The molecule has 0 aliphatic rings. The Morgan fingerprint density at radius 3 is 2.26 bits per heavy atom. The standard InChI is InChI=1S/C26H23FN4O4/c1-16(2)31-26(34)20-8-4-3-7-19(20)23(30-31)25(33)29-28-24(32)21-9-5-6-10-22(21)35-15-17-11-13-18(27)14-12-17/h3-14,16H,15H2,1-2H3,(H,28,32)(H,29,33). The molecule has 0 bridgehead atoms. The number of hydrazine groups is 1. The molecular weight excluding hydrogens is 451 g/mol. The van der Waals surface area contributed by atoms with E-state index in [0.717, 1.165) is 5.56 Å². The molecule has 0 aliphatic heterocycles. The van der Waals surface area contributed by atoms with Crippen LogP contribution in [0.3, 0.4) is 0 Å². The summed E-state index contributed by atoms with van der Waals surface area (Å²) in [5, 5.41) is 4.96. The molecule has 0 unspecified atom stereocenters. The van der Waals surface area contributed by atoms with E-state index in [1.807, 2.05) is 0 Å². The predicted molar refractivity (Wildman–Crippen MR) is 128 cm³/mol. The van der Waals surface area contributed by atoms with Gasteiger partial charge in [-0.15, -0.1) is 0 Å². The van der Waals surface area contributed by atoms with Gasteiger partial charge in [-0.1, -0.05) is 42.5 Å². The summed E-state index contributed by atoms with van der Waals surface area (Å²) in [4.78, 5) is 38.4. The molecule has 9 heteroatoms. The van der Waals surface area contributed by atoms with Crippen molar-refractivity contribution in [2.24, 2.45) is 0 Å². The summed E-state index contributed by atoms with van der Waals surface area (Å²) in [7, 11) is 0. The number of carbonyl (C=O) groups excluding carboxylic acids is 2. The number of ether oxygens (including phenoxy) is 1. The predicted octanol–water partition coefficient (Wildman–Crippen LogP) is 3.77. The third-order valence-corrected chi connectivity index (χ3v) is 5.26. The van der Waals surface area contributed by atoms with Crippen molar-refractivity contribution in [2.45, 2.75) is 26.5 Å². The van der Waals surface area contributed by atoms with Crippen molar-refractivity contribution in [1.82, 2.24) is 20.6 Å². The number of carbonyl (C=O) groups is 2. The number of hydrogen-bond acceptors (Lipinski definition) is 5. The van der Waals surface area contributed by atoms with Gasteiger partial charge in [0.1, 0.15) is 18.2 Å². The van der Waals surface area contributed by atoms with Crippen LogP contribution < -0.4 is 21.1 Å². The van der Waals surface area contributed by atoms with E-state index in [4.69, 9.17) is 4.74 Å². The second-order valence-corrected chi connectivity index (χ2v) is 8.06. The lowest BCUT2D eigenvalue weighted by atomic mass is 10.1. The number of fused-ring (bicyclic) bond motifs is 1. The maximum absolute atomic E-state index is 13.1. The third-order valence-electron chi connectivity index (χ3n) is 5.26. The van der Waals surface area contributed by atoms with Crippen LogP contribution in [0.5, 0.6) is 5.75 Å². The maximum atomic E-state index is 13.1. The first kappa shape index (κ1) is 23.6. The zero-order valence-electron chi connectivity index (χ0n) is 19.1. The summed E-state index contributed by atoms with van der Waals surface area (Å²) >= 11 is 0. The number of aromatic nitrogens is 2. The van der Waals surface area contributed by atoms with Gasteiger partial charge in [-0.05, 0) is 49.7 Å². The van der Waals surface area contributed by atoms with Gasteiger partial charge in [0.25, 0.3) is 17.4 Å². The van der Waals surface area contributed by atoms with Crippen molar-refractivity contribution < 1.29 is 18.7 Å². The summed E-state index contributed by atoms with van der Waals surface area (Å²) in [6.45, 7) is 3.70.